The molecule has 2 unspecified atom stereocenters. The third-order valence-corrected chi connectivity index (χ3v) is 4.83. The number of rotatable bonds is 3. The largest absolute Gasteiger partial charge is 0.480 e. The summed E-state index contributed by atoms with van der Waals surface area (Å²) in [6.07, 6.45) is 0. The molecule has 2 atom stereocenters. The lowest BCUT2D eigenvalue weighted by molar-refractivity contribution is -0.151. The quantitative estimate of drug-likeness (QED) is 0.939. The lowest BCUT2D eigenvalue weighted by Gasteiger charge is -2.36. The highest BCUT2D eigenvalue weighted by Gasteiger charge is 2.34. The molecule has 1 aromatic heterocycles. The van der Waals surface area contributed by atoms with Crippen LogP contribution >= 0.6 is 11.3 Å². The Balaban J connectivity index is 1.89. The van der Waals surface area contributed by atoms with Gasteiger partial charge in [-0.15, -0.1) is 11.3 Å². The second-order valence-electron chi connectivity index (χ2n) is 4.86. The minimum Gasteiger partial charge on any atom is -0.480 e. The summed E-state index contributed by atoms with van der Waals surface area (Å²) >= 11 is 1.63. The summed E-state index contributed by atoms with van der Waals surface area (Å²) in [5.41, 5.74) is 0.972. The first-order valence-corrected chi connectivity index (χ1v) is 7.40. The number of aromatic nitrogens is 1. The van der Waals surface area contributed by atoms with E-state index in [9.17, 15) is 9.90 Å². The van der Waals surface area contributed by atoms with Crippen molar-refractivity contribution in [1.82, 2.24) is 9.88 Å². The molecule has 1 saturated heterocycles. The van der Waals surface area contributed by atoms with Gasteiger partial charge >= 0.3 is 5.97 Å². The molecule has 6 heteroatoms. The number of para-hydroxylation sites is 1. The number of thiazole rings is 1. The molecule has 1 aliphatic rings. The van der Waals surface area contributed by atoms with Crippen molar-refractivity contribution in [3.8, 4) is 0 Å². The Labute approximate surface area is 120 Å². The molecule has 20 heavy (non-hydrogen) atoms. The molecule has 1 fully saturated rings. The van der Waals surface area contributed by atoms with Crippen LogP contribution in [0.1, 0.15) is 18.0 Å². The van der Waals surface area contributed by atoms with Crippen LogP contribution < -0.4 is 0 Å². The van der Waals surface area contributed by atoms with E-state index in [4.69, 9.17) is 4.74 Å². The normalized spacial score (nSPS) is 21.9. The van der Waals surface area contributed by atoms with Crippen molar-refractivity contribution in [1.29, 1.82) is 0 Å². The number of nitrogens with zero attached hydrogens (tertiary/aromatic N) is 2. The number of fused-ring (bicyclic) bond motifs is 1. The number of carboxylic acid groups (broad SMARTS) is 1. The standard InChI is InChI=1S/C14H16N2O3S/c1-9(16-6-7-19-8-11(16)14(17)18)13-15-10-4-2-3-5-12(10)20-13/h2-5,9,11H,6-8H2,1H3,(H,17,18). The van der Waals surface area contributed by atoms with Gasteiger partial charge in [-0.3, -0.25) is 9.69 Å². The predicted octanol–water partition coefficient (Wildman–Crippen LogP) is 2.14. The molecule has 2 aromatic rings. The second kappa shape index (κ2) is 5.47. The number of aliphatic carboxylic acids is 1. The molecule has 1 N–H and O–H groups in total. The van der Waals surface area contributed by atoms with Gasteiger partial charge in [0.1, 0.15) is 11.0 Å². The highest BCUT2D eigenvalue weighted by atomic mass is 32.1. The van der Waals surface area contributed by atoms with Crippen LogP contribution in [0.2, 0.25) is 0 Å². The van der Waals surface area contributed by atoms with Gasteiger partial charge in [-0.25, -0.2) is 4.98 Å². The van der Waals surface area contributed by atoms with Crippen molar-refractivity contribution < 1.29 is 14.6 Å². The highest BCUT2D eigenvalue weighted by Crippen LogP contribution is 2.31. The van der Waals surface area contributed by atoms with Crippen LogP contribution in [0.25, 0.3) is 10.2 Å². The smallest absolute Gasteiger partial charge is 0.323 e. The van der Waals surface area contributed by atoms with E-state index in [1.54, 1.807) is 11.3 Å². The topological polar surface area (TPSA) is 62.7 Å². The Morgan fingerprint density at radius 3 is 3.10 bits per heavy atom. The number of benzene rings is 1. The van der Waals surface area contributed by atoms with Gasteiger partial charge in [0.2, 0.25) is 0 Å². The zero-order chi connectivity index (χ0) is 14.1. The maximum absolute atomic E-state index is 11.3. The number of hydrogen-bond acceptors (Lipinski definition) is 5. The van der Waals surface area contributed by atoms with Crippen LogP contribution in [0.5, 0.6) is 0 Å². The first-order chi connectivity index (χ1) is 9.66. The molecule has 5 nitrogen and oxygen atoms in total. The lowest BCUT2D eigenvalue weighted by atomic mass is 10.1. The van der Waals surface area contributed by atoms with Gasteiger partial charge in [-0.1, -0.05) is 12.1 Å². The van der Waals surface area contributed by atoms with E-state index in [-0.39, 0.29) is 12.6 Å². The van der Waals surface area contributed by atoms with E-state index in [0.717, 1.165) is 15.2 Å². The van der Waals surface area contributed by atoms with Crippen LogP contribution in [0.3, 0.4) is 0 Å². The third-order valence-electron chi connectivity index (χ3n) is 3.62. The van der Waals surface area contributed by atoms with Crippen LogP contribution in [0, 0.1) is 0 Å². The molecule has 0 amide bonds. The summed E-state index contributed by atoms with van der Waals surface area (Å²) in [5.74, 6) is -0.835. The average molecular weight is 292 g/mol. The minimum absolute atomic E-state index is 0.0163. The van der Waals surface area contributed by atoms with Crippen molar-refractivity contribution in [3.05, 3.63) is 29.3 Å². The number of ether oxygens (including phenoxy) is 1. The van der Waals surface area contributed by atoms with E-state index < -0.39 is 12.0 Å². The van der Waals surface area contributed by atoms with Crippen molar-refractivity contribution >= 4 is 27.5 Å². The fraction of sp³-hybridized carbons (Fsp3) is 0.429. The number of hydrogen-bond donors (Lipinski definition) is 1. The van der Waals surface area contributed by atoms with Crippen molar-refractivity contribution in [2.24, 2.45) is 0 Å². The Hall–Kier alpha value is -1.50. The summed E-state index contributed by atoms with van der Waals surface area (Å²) in [5, 5.41) is 10.3. The number of carboxylic acids is 1. The Morgan fingerprint density at radius 2 is 2.35 bits per heavy atom. The molecular formula is C14H16N2O3S. The van der Waals surface area contributed by atoms with Gasteiger partial charge in [-0.05, 0) is 19.1 Å². The SMILES string of the molecule is CC(c1nc2ccccc2s1)N1CCOCC1C(=O)O. The van der Waals surface area contributed by atoms with Gasteiger partial charge in [-0.2, -0.15) is 0 Å². The van der Waals surface area contributed by atoms with Crippen molar-refractivity contribution in [2.45, 2.75) is 19.0 Å². The summed E-state index contributed by atoms with van der Waals surface area (Å²) in [7, 11) is 0. The van der Waals surface area contributed by atoms with Crippen molar-refractivity contribution in [3.63, 3.8) is 0 Å². The molecule has 3 rings (SSSR count). The molecule has 0 spiro atoms. The summed E-state index contributed by atoms with van der Waals surface area (Å²) in [6, 6.07) is 7.37. The summed E-state index contributed by atoms with van der Waals surface area (Å²) < 4.78 is 6.41. The van der Waals surface area contributed by atoms with Crippen LogP contribution in [-0.4, -0.2) is 46.8 Å². The van der Waals surface area contributed by atoms with Crippen LogP contribution in [-0.2, 0) is 9.53 Å². The first-order valence-electron chi connectivity index (χ1n) is 6.58. The maximum Gasteiger partial charge on any atom is 0.323 e. The molecule has 106 valence electrons. The molecular weight excluding hydrogens is 276 g/mol. The first kappa shape index (κ1) is 13.5. The number of morpholine rings is 1. The molecule has 0 aliphatic carbocycles. The van der Waals surface area contributed by atoms with E-state index in [1.807, 2.05) is 36.1 Å². The molecule has 0 radical (unpaired) electrons. The van der Waals surface area contributed by atoms with Gasteiger partial charge in [0.05, 0.1) is 29.5 Å². The van der Waals surface area contributed by atoms with Gasteiger partial charge in [0.25, 0.3) is 0 Å². The zero-order valence-corrected chi connectivity index (χ0v) is 12.0. The minimum atomic E-state index is -0.835. The van der Waals surface area contributed by atoms with E-state index in [1.165, 1.54) is 0 Å². The molecule has 1 aromatic carbocycles. The Bertz CT molecular complexity index is 595. The summed E-state index contributed by atoms with van der Waals surface area (Å²) in [6.45, 7) is 3.44. The molecule has 1 aliphatic heterocycles. The van der Waals surface area contributed by atoms with Gasteiger partial charge < -0.3 is 9.84 Å². The fourth-order valence-electron chi connectivity index (χ4n) is 2.50. The van der Waals surface area contributed by atoms with Gasteiger partial charge in [0, 0.05) is 6.54 Å². The van der Waals surface area contributed by atoms with Crippen LogP contribution in [0.4, 0.5) is 0 Å². The highest BCUT2D eigenvalue weighted by molar-refractivity contribution is 7.18. The molecule has 0 bridgehead atoms. The number of carbonyl (C=O) groups is 1. The summed E-state index contributed by atoms with van der Waals surface area (Å²) in [4.78, 5) is 17.9. The van der Waals surface area contributed by atoms with E-state index >= 15 is 0 Å². The fourth-order valence-corrected chi connectivity index (χ4v) is 3.54. The Kier molecular flexibility index (Phi) is 3.69. The van der Waals surface area contributed by atoms with Crippen molar-refractivity contribution in [2.75, 3.05) is 19.8 Å². The predicted molar refractivity (Wildman–Crippen MR) is 77.0 cm³/mol. The second-order valence-corrected chi connectivity index (χ2v) is 5.92. The molecule has 0 saturated carbocycles. The Morgan fingerprint density at radius 1 is 1.55 bits per heavy atom. The molecule has 2 heterocycles. The van der Waals surface area contributed by atoms with E-state index in [2.05, 4.69) is 4.98 Å². The maximum atomic E-state index is 11.3. The third kappa shape index (κ3) is 2.42. The van der Waals surface area contributed by atoms with Crippen LogP contribution in [0.15, 0.2) is 24.3 Å². The van der Waals surface area contributed by atoms with E-state index in [0.29, 0.717) is 13.2 Å². The zero-order valence-electron chi connectivity index (χ0n) is 11.2. The monoisotopic (exact) mass is 292 g/mol. The lowest BCUT2D eigenvalue weighted by Crippen LogP contribution is -2.50. The van der Waals surface area contributed by atoms with Gasteiger partial charge in [0.15, 0.2) is 0 Å². The average Bonchev–Trinajstić information content (AvgIpc) is 2.90.